The zero-order chi connectivity index (χ0) is 14.1. The number of rotatable bonds is 2. The smallest absolute Gasteiger partial charge is 0.263 e. The first kappa shape index (κ1) is 13.6. The summed E-state index contributed by atoms with van der Waals surface area (Å²) >= 11 is 6.32. The molecule has 0 saturated carbocycles. The van der Waals surface area contributed by atoms with Crippen LogP contribution in [0.2, 0.25) is 0 Å². The summed E-state index contributed by atoms with van der Waals surface area (Å²) in [7, 11) is 0. The van der Waals surface area contributed by atoms with Gasteiger partial charge in [-0.05, 0) is 49.1 Å². The monoisotopic (exact) mass is 304 g/mol. The van der Waals surface area contributed by atoms with Crippen molar-refractivity contribution in [1.29, 1.82) is 0 Å². The third-order valence-electron chi connectivity index (χ3n) is 3.61. The summed E-state index contributed by atoms with van der Waals surface area (Å²) in [6.07, 6.45) is 4.46. The van der Waals surface area contributed by atoms with Gasteiger partial charge in [-0.15, -0.1) is 0 Å². The van der Waals surface area contributed by atoms with Crippen LogP contribution in [0.5, 0.6) is 0 Å². The number of benzene rings is 1. The Labute approximate surface area is 128 Å². The third-order valence-corrected chi connectivity index (χ3v) is 4.77. The number of hydrogen-bond acceptors (Lipinski definition) is 4. The second-order valence-corrected chi connectivity index (χ2v) is 6.81. The predicted octanol–water partition coefficient (Wildman–Crippen LogP) is 3.08. The summed E-state index contributed by atoms with van der Waals surface area (Å²) in [4.78, 5) is 14.8. The van der Waals surface area contributed by atoms with Crippen molar-refractivity contribution in [2.75, 3.05) is 18.0 Å². The maximum Gasteiger partial charge on any atom is 0.263 e. The first-order valence-corrected chi connectivity index (χ1v) is 7.96. The summed E-state index contributed by atoms with van der Waals surface area (Å²) in [5.74, 6) is -0.0960. The van der Waals surface area contributed by atoms with E-state index in [1.54, 1.807) is 0 Å². The molecule has 2 aliphatic heterocycles. The average Bonchev–Trinajstić information content (AvgIpc) is 3.00. The minimum absolute atomic E-state index is 0.0960. The van der Waals surface area contributed by atoms with E-state index in [0.717, 1.165) is 18.7 Å². The Morgan fingerprint density at radius 3 is 2.70 bits per heavy atom. The van der Waals surface area contributed by atoms with E-state index in [1.807, 2.05) is 6.08 Å². The molecule has 3 nitrogen and oxygen atoms in total. The molecule has 0 atom stereocenters. The van der Waals surface area contributed by atoms with Crippen LogP contribution in [-0.4, -0.2) is 23.3 Å². The van der Waals surface area contributed by atoms with Crippen molar-refractivity contribution in [3.8, 4) is 0 Å². The SMILES string of the molecule is Cc1cc(/C=C2/SC(=S)NC2=O)ccc1N1CCCC1. The van der Waals surface area contributed by atoms with Gasteiger partial charge in [-0.25, -0.2) is 0 Å². The number of carbonyl (C=O) groups excluding carboxylic acids is 1. The number of amides is 1. The lowest BCUT2D eigenvalue weighted by molar-refractivity contribution is -0.115. The van der Waals surface area contributed by atoms with Crippen molar-refractivity contribution >= 4 is 46.0 Å². The normalized spacial score (nSPS) is 20.9. The second-order valence-electron chi connectivity index (χ2n) is 5.09. The fraction of sp³-hybridized carbons (Fsp3) is 0.333. The molecule has 0 unspecified atom stereocenters. The Morgan fingerprint density at radius 2 is 2.10 bits per heavy atom. The fourth-order valence-electron chi connectivity index (χ4n) is 2.65. The van der Waals surface area contributed by atoms with E-state index >= 15 is 0 Å². The van der Waals surface area contributed by atoms with Crippen LogP contribution in [0, 0.1) is 6.92 Å². The van der Waals surface area contributed by atoms with Crippen LogP contribution >= 0.6 is 24.0 Å². The van der Waals surface area contributed by atoms with E-state index in [2.05, 4.69) is 35.3 Å². The maximum absolute atomic E-state index is 11.7. The topological polar surface area (TPSA) is 32.3 Å². The number of nitrogens with one attached hydrogen (secondary N) is 1. The Hall–Kier alpha value is -1.33. The lowest BCUT2D eigenvalue weighted by Crippen LogP contribution is -2.18. The quantitative estimate of drug-likeness (QED) is 0.672. The maximum atomic E-state index is 11.7. The molecule has 1 N–H and O–H groups in total. The molecule has 0 aromatic heterocycles. The summed E-state index contributed by atoms with van der Waals surface area (Å²) in [6.45, 7) is 4.42. The standard InChI is InChI=1S/C15H16N2OS2/c1-10-8-11(9-13-14(18)16-15(19)20-13)4-5-12(10)17-6-2-3-7-17/h4-5,8-9H,2-3,6-7H2,1H3,(H,16,18,19)/b13-9+. The van der Waals surface area contributed by atoms with Crippen molar-refractivity contribution in [1.82, 2.24) is 5.32 Å². The van der Waals surface area contributed by atoms with E-state index in [0.29, 0.717) is 9.23 Å². The molecule has 1 amide bonds. The number of hydrogen-bond donors (Lipinski definition) is 1. The zero-order valence-electron chi connectivity index (χ0n) is 11.3. The van der Waals surface area contributed by atoms with Crippen molar-refractivity contribution in [2.45, 2.75) is 19.8 Å². The van der Waals surface area contributed by atoms with Crippen molar-refractivity contribution < 1.29 is 4.79 Å². The van der Waals surface area contributed by atoms with Crippen LogP contribution in [0.25, 0.3) is 6.08 Å². The van der Waals surface area contributed by atoms with E-state index in [-0.39, 0.29) is 5.91 Å². The summed E-state index contributed by atoms with van der Waals surface area (Å²) in [5, 5.41) is 2.64. The number of aryl methyl sites for hydroxylation is 1. The molecular weight excluding hydrogens is 288 g/mol. The summed E-state index contributed by atoms with van der Waals surface area (Å²) in [5.41, 5.74) is 3.61. The van der Waals surface area contributed by atoms with E-state index in [1.165, 1.54) is 35.9 Å². The highest BCUT2D eigenvalue weighted by Gasteiger charge is 2.22. The second kappa shape index (κ2) is 5.58. The van der Waals surface area contributed by atoms with Gasteiger partial charge in [0, 0.05) is 18.8 Å². The highest BCUT2D eigenvalue weighted by molar-refractivity contribution is 8.26. The van der Waals surface area contributed by atoms with Crippen LogP contribution in [0.3, 0.4) is 0 Å². The molecule has 2 heterocycles. The molecule has 5 heteroatoms. The molecule has 0 radical (unpaired) electrons. The lowest BCUT2D eigenvalue weighted by atomic mass is 10.1. The van der Waals surface area contributed by atoms with E-state index in [9.17, 15) is 4.79 Å². The molecule has 3 rings (SSSR count). The molecule has 1 aromatic carbocycles. The number of nitrogens with zero attached hydrogens (tertiary/aromatic N) is 1. The molecule has 0 aliphatic carbocycles. The largest absolute Gasteiger partial charge is 0.371 e. The predicted molar refractivity (Wildman–Crippen MR) is 88.9 cm³/mol. The average molecular weight is 304 g/mol. The van der Waals surface area contributed by atoms with Gasteiger partial charge in [0.05, 0.1) is 4.91 Å². The Balaban J connectivity index is 1.85. The third kappa shape index (κ3) is 2.74. The molecule has 2 fully saturated rings. The van der Waals surface area contributed by atoms with Crippen molar-refractivity contribution in [2.24, 2.45) is 0 Å². The van der Waals surface area contributed by atoms with Gasteiger partial charge in [-0.2, -0.15) is 0 Å². The van der Waals surface area contributed by atoms with Crippen molar-refractivity contribution in [3.05, 3.63) is 34.2 Å². The summed E-state index contributed by atoms with van der Waals surface area (Å²) < 4.78 is 0.534. The Bertz CT molecular complexity index is 604. The van der Waals surface area contributed by atoms with Gasteiger partial charge in [-0.3, -0.25) is 4.79 Å². The highest BCUT2D eigenvalue weighted by atomic mass is 32.2. The van der Waals surface area contributed by atoms with Crippen LogP contribution in [-0.2, 0) is 4.79 Å². The van der Waals surface area contributed by atoms with Crippen LogP contribution in [0.15, 0.2) is 23.1 Å². The minimum atomic E-state index is -0.0960. The van der Waals surface area contributed by atoms with Gasteiger partial charge in [0.25, 0.3) is 5.91 Å². The zero-order valence-corrected chi connectivity index (χ0v) is 12.9. The van der Waals surface area contributed by atoms with Gasteiger partial charge < -0.3 is 10.2 Å². The summed E-state index contributed by atoms with van der Waals surface area (Å²) in [6, 6.07) is 6.36. The Kier molecular flexibility index (Phi) is 3.81. The van der Waals surface area contributed by atoms with Gasteiger partial charge in [0.2, 0.25) is 0 Å². The number of carbonyl (C=O) groups is 1. The molecule has 0 spiro atoms. The van der Waals surface area contributed by atoms with E-state index in [4.69, 9.17) is 12.2 Å². The lowest BCUT2D eigenvalue weighted by Gasteiger charge is -2.20. The molecule has 0 bridgehead atoms. The molecule has 1 aromatic rings. The van der Waals surface area contributed by atoms with Gasteiger partial charge in [-0.1, -0.05) is 30.0 Å². The van der Waals surface area contributed by atoms with Crippen LogP contribution in [0.1, 0.15) is 24.0 Å². The Morgan fingerprint density at radius 1 is 1.35 bits per heavy atom. The van der Waals surface area contributed by atoms with Gasteiger partial charge in [0.1, 0.15) is 4.32 Å². The molecule has 2 aliphatic rings. The van der Waals surface area contributed by atoms with Crippen molar-refractivity contribution in [3.63, 3.8) is 0 Å². The highest BCUT2D eigenvalue weighted by Crippen LogP contribution is 2.29. The van der Waals surface area contributed by atoms with Gasteiger partial charge in [0.15, 0.2) is 0 Å². The number of anilines is 1. The first-order valence-electron chi connectivity index (χ1n) is 6.74. The van der Waals surface area contributed by atoms with Crippen LogP contribution in [0.4, 0.5) is 5.69 Å². The van der Waals surface area contributed by atoms with E-state index < -0.39 is 0 Å². The molecule has 104 valence electrons. The molecular formula is C15H16N2OS2. The first-order chi connectivity index (χ1) is 9.63. The molecule has 2 saturated heterocycles. The molecule has 20 heavy (non-hydrogen) atoms. The van der Waals surface area contributed by atoms with Crippen LogP contribution < -0.4 is 10.2 Å². The van der Waals surface area contributed by atoms with Gasteiger partial charge >= 0.3 is 0 Å². The minimum Gasteiger partial charge on any atom is -0.371 e. The fourth-order valence-corrected chi connectivity index (χ4v) is 3.70. The number of thiocarbonyl (C=S) groups is 1. The number of thioether (sulfide) groups is 1.